The van der Waals surface area contributed by atoms with Gasteiger partial charge in [-0.1, -0.05) is 11.6 Å². The Bertz CT molecular complexity index is 448. The fourth-order valence-electron chi connectivity index (χ4n) is 1.04. The number of hydrogen-bond acceptors (Lipinski definition) is 4. The van der Waals surface area contributed by atoms with Crippen LogP contribution >= 0.6 is 23.4 Å². The van der Waals surface area contributed by atoms with Crippen LogP contribution in [0.4, 0.5) is 4.79 Å². The van der Waals surface area contributed by atoms with Gasteiger partial charge in [0.1, 0.15) is 0 Å². The highest BCUT2D eigenvalue weighted by Gasteiger charge is 2.16. The van der Waals surface area contributed by atoms with Crippen molar-refractivity contribution in [2.24, 2.45) is 0 Å². The molecular formula is C11H12ClNO3S. The second-order valence-corrected chi connectivity index (χ2v) is 4.82. The normalized spacial score (nSPS) is 9.88. The topological polar surface area (TPSA) is 46.6 Å². The Hall–Kier alpha value is -1.20. The van der Waals surface area contributed by atoms with Crippen LogP contribution in [0.15, 0.2) is 23.1 Å². The molecule has 0 unspecified atom stereocenters. The highest BCUT2D eigenvalue weighted by Crippen LogP contribution is 2.28. The third kappa shape index (κ3) is 3.64. The number of amides is 1. The van der Waals surface area contributed by atoms with Gasteiger partial charge in [0.25, 0.3) is 5.24 Å². The average Bonchev–Trinajstić information content (AvgIpc) is 2.28. The standard InChI is InChI=1S/C11H12ClNO3S/c1-13(2)11(15)17-9-6-7(12)4-5-8(9)10(14)16-3/h4-6H,1-3H3. The lowest BCUT2D eigenvalue weighted by Gasteiger charge is -2.11. The summed E-state index contributed by atoms with van der Waals surface area (Å²) in [5, 5.41) is 0.282. The maximum atomic E-state index is 11.6. The first-order valence-corrected chi connectivity index (χ1v) is 5.92. The molecule has 1 amide bonds. The zero-order valence-corrected chi connectivity index (χ0v) is 11.3. The summed E-state index contributed by atoms with van der Waals surface area (Å²) in [6.07, 6.45) is 0. The lowest BCUT2D eigenvalue weighted by molar-refractivity contribution is 0.0597. The molecule has 0 atom stereocenters. The Morgan fingerprint density at radius 1 is 1.35 bits per heavy atom. The Balaban J connectivity index is 3.07. The maximum Gasteiger partial charge on any atom is 0.339 e. The third-order valence-electron chi connectivity index (χ3n) is 1.91. The summed E-state index contributed by atoms with van der Waals surface area (Å²) >= 11 is 6.78. The van der Waals surface area contributed by atoms with Gasteiger partial charge in [-0.15, -0.1) is 0 Å². The summed E-state index contributed by atoms with van der Waals surface area (Å²) in [6.45, 7) is 0. The summed E-state index contributed by atoms with van der Waals surface area (Å²) in [7, 11) is 4.56. The first kappa shape index (κ1) is 13.9. The lowest BCUT2D eigenvalue weighted by Crippen LogP contribution is -2.16. The fraction of sp³-hybridized carbons (Fsp3) is 0.273. The second kappa shape index (κ2) is 5.93. The van der Waals surface area contributed by atoms with Crippen LogP contribution in [0.5, 0.6) is 0 Å². The van der Waals surface area contributed by atoms with E-state index in [0.717, 1.165) is 11.8 Å². The summed E-state index contributed by atoms with van der Waals surface area (Å²) in [5.41, 5.74) is 0.331. The van der Waals surface area contributed by atoms with Crippen molar-refractivity contribution in [3.63, 3.8) is 0 Å². The van der Waals surface area contributed by atoms with Crippen LogP contribution in [0.3, 0.4) is 0 Å². The lowest BCUT2D eigenvalue weighted by atomic mass is 10.2. The van der Waals surface area contributed by atoms with Crippen molar-refractivity contribution in [3.05, 3.63) is 28.8 Å². The van der Waals surface area contributed by atoms with Crippen molar-refractivity contribution in [3.8, 4) is 0 Å². The molecule has 0 radical (unpaired) electrons. The van der Waals surface area contributed by atoms with Gasteiger partial charge in [0, 0.05) is 24.0 Å². The van der Waals surface area contributed by atoms with Gasteiger partial charge in [0.05, 0.1) is 12.7 Å². The fourth-order valence-corrected chi connectivity index (χ4v) is 2.10. The molecule has 1 aromatic rings. The number of carbonyl (C=O) groups excluding carboxylic acids is 2. The van der Waals surface area contributed by atoms with E-state index in [2.05, 4.69) is 4.74 Å². The minimum absolute atomic E-state index is 0.183. The van der Waals surface area contributed by atoms with Gasteiger partial charge < -0.3 is 9.64 Å². The predicted molar refractivity (Wildman–Crippen MR) is 67.7 cm³/mol. The largest absolute Gasteiger partial charge is 0.465 e. The summed E-state index contributed by atoms with van der Waals surface area (Å²) in [5.74, 6) is -0.490. The van der Waals surface area contributed by atoms with E-state index in [0.29, 0.717) is 15.5 Å². The van der Waals surface area contributed by atoms with Gasteiger partial charge in [-0.3, -0.25) is 4.79 Å². The molecule has 0 aliphatic carbocycles. The Morgan fingerprint density at radius 2 is 2.00 bits per heavy atom. The maximum absolute atomic E-state index is 11.6. The van der Waals surface area contributed by atoms with Crippen LogP contribution < -0.4 is 0 Å². The zero-order chi connectivity index (χ0) is 13.0. The van der Waals surface area contributed by atoms with E-state index in [-0.39, 0.29) is 5.24 Å². The molecule has 0 saturated heterocycles. The number of thioether (sulfide) groups is 1. The van der Waals surface area contributed by atoms with E-state index in [1.807, 2.05) is 0 Å². The van der Waals surface area contributed by atoms with Gasteiger partial charge >= 0.3 is 5.97 Å². The number of carbonyl (C=O) groups is 2. The molecule has 0 aliphatic rings. The minimum Gasteiger partial charge on any atom is -0.465 e. The zero-order valence-electron chi connectivity index (χ0n) is 9.69. The molecule has 92 valence electrons. The molecule has 4 nitrogen and oxygen atoms in total. The van der Waals surface area contributed by atoms with Gasteiger partial charge in [0.2, 0.25) is 0 Å². The predicted octanol–water partition coefficient (Wildman–Crippen LogP) is 2.90. The van der Waals surface area contributed by atoms with Crippen LogP contribution in [-0.4, -0.2) is 37.3 Å². The molecule has 0 aliphatic heterocycles. The van der Waals surface area contributed by atoms with E-state index in [4.69, 9.17) is 11.6 Å². The smallest absolute Gasteiger partial charge is 0.339 e. The van der Waals surface area contributed by atoms with E-state index in [1.165, 1.54) is 12.0 Å². The number of hydrogen-bond donors (Lipinski definition) is 0. The van der Waals surface area contributed by atoms with Gasteiger partial charge in [0.15, 0.2) is 0 Å². The summed E-state index contributed by atoms with van der Waals surface area (Å²) in [4.78, 5) is 25.0. The minimum atomic E-state index is -0.490. The van der Waals surface area contributed by atoms with E-state index in [9.17, 15) is 9.59 Å². The van der Waals surface area contributed by atoms with Crippen LogP contribution in [0.1, 0.15) is 10.4 Å². The molecule has 6 heteroatoms. The van der Waals surface area contributed by atoms with E-state index < -0.39 is 5.97 Å². The average molecular weight is 274 g/mol. The number of methoxy groups -OCH3 is 1. The number of benzene rings is 1. The van der Waals surface area contributed by atoms with E-state index in [1.54, 1.807) is 32.3 Å². The molecular weight excluding hydrogens is 262 g/mol. The Kier molecular flexibility index (Phi) is 4.84. The van der Waals surface area contributed by atoms with Crippen LogP contribution in [0.2, 0.25) is 5.02 Å². The molecule has 1 aromatic carbocycles. The third-order valence-corrected chi connectivity index (χ3v) is 3.24. The molecule has 17 heavy (non-hydrogen) atoms. The number of nitrogens with zero attached hydrogens (tertiary/aromatic N) is 1. The molecule has 0 aromatic heterocycles. The number of rotatable bonds is 2. The molecule has 0 heterocycles. The molecule has 0 N–H and O–H groups in total. The molecule has 0 saturated carbocycles. The van der Waals surface area contributed by atoms with Crippen molar-refractivity contribution in [2.45, 2.75) is 4.90 Å². The summed E-state index contributed by atoms with van der Waals surface area (Å²) in [6, 6.07) is 4.69. The van der Waals surface area contributed by atoms with Crippen LogP contribution in [-0.2, 0) is 4.74 Å². The highest BCUT2D eigenvalue weighted by molar-refractivity contribution is 8.13. The molecule has 0 bridgehead atoms. The van der Waals surface area contributed by atoms with Crippen molar-refractivity contribution in [1.82, 2.24) is 4.90 Å². The van der Waals surface area contributed by atoms with Crippen LogP contribution in [0.25, 0.3) is 0 Å². The van der Waals surface area contributed by atoms with Crippen molar-refractivity contribution < 1.29 is 14.3 Å². The quantitative estimate of drug-likeness (QED) is 0.614. The Morgan fingerprint density at radius 3 is 2.53 bits per heavy atom. The van der Waals surface area contributed by atoms with Crippen LogP contribution in [0, 0.1) is 0 Å². The monoisotopic (exact) mass is 273 g/mol. The van der Waals surface area contributed by atoms with Crippen molar-refractivity contribution in [1.29, 1.82) is 0 Å². The van der Waals surface area contributed by atoms with E-state index >= 15 is 0 Å². The number of halogens is 1. The first-order chi connectivity index (χ1) is 7.95. The number of esters is 1. The highest BCUT2D eigenvalue weighted by atomic mass is 35.5. The van der Waals surface area contributed by atoms with Gasteiger partial charge in [-0.05, 0) is 30.0 Å². The Labute approximate surface area is 109 Å². The first-order valence-electron chi connectivity index (χ1n) is 4.72. The second-order valence-electron chi connectivity index (χ2n) is 3.39. The van der Waals surface area contributed by atoms with Gasteiger partial charge in [-0.25, -0.2) is 4.79 Å². The molecule has 0 fully saturated rings. The van der Waals surface area contributed by atoms with Crippen molar-refractivity contribution in [2.75, 3.05) is 21.2 Å². The molecule has 1 rings (SSSR count). The molecule has 0 spiro atoms. The summed E-state index contributed by atoms with van der Waals surface area (Å²) < 4.78 is 4.64. The SMILES string of the molecule is COC(=O)c1ccc(Cl)cc1SC(=O)N(C)C. The number of ether oxygens (including phenoxy) is 1. The van der Waals surface area contributed by atoms with Gasteiger partial charge in [-0.2, -0.15) is 0 Å². The van der Waals surface area contributed by atoms with Crippen molar-refractivity contribution >= 4 is 34.6 Å².